The normalized spacial score (nSPS) is 12.4. The van der Waals surface area contributed by atoms with Crippen LogP contribution in [0.2, 0.25) is 0 Å². The van der Waals surface area contributed by atoms with E-state index in [0.717, 1.165) is 23.2 Å². The number of benzene rings is 1. The zero-order chi connectivity index (χ0) is 10.4. The Labute approximate surface area is 103 Å². The van der Waals surface area contributed by atoms with E-state index in [-0.39, 0.29) is 11.0 Å². The van der Waals surface area contributed by atoms with Crippen LogP contribution in [0.5, 0.6) is 5.75 Å². The van der Waals surface area contributed by atoms with Crippen molar-refractivity contribution in [1.82, 2.24) is 0 Å². The van der Waals surface area contributed by atoms with E-state index >= 15 is 0 Å². The maximum absolute atomic E-state index is 5.56. The molecule has 4 N–H and O–H groups in total. The van der Waals surface area contributed by atoms with E-state index in [9.17, 15) is 0 Å². The second kappa shape index (κ2) is 9.51. The lowest BCUT2D eigenvalue weighted by atomic mass is 10.3. The summed E-state index contributed by atoms with van der Waals surface area (Å²) in [4.78, 5) is 0.961. The van der Waals surface area contributed by atoms with E-state index in [0.29, 0.717) is 0 Å². The highest BCUT2D eigenvalue weighted by atomic mass is 32.1. The van der Waals surface area contributed by atoms with Crippen LogP contribution < -0.4 is 4.74 Å². The van der Waals surface area contributed by atoms with E-state index in [1.54, 1.807) is 0 Å². The van der Waals surface area contributed by atoms with Crippen molar-refractivity contribution >= 4 is 12.6 Å². The Morgan fingerprint density at radius 1 is 1.25 bits per heavy atom. The van der Waals surface area contributed by atoms with Crippen molar-refractivity contribution < 1.29 is 15.7 Å². The summed E-state index contributed by atoms with van der Waals surface area (Å²) in [6, 6.07) is 7.84. The van der Waals surface area contributed by atoms with Gasteiger partial charge in [0.05, 0.1) is 6.61 Å². The molecule has 0 unspecified atom stereocenters. The highest BCUT2D eigenvalue weighted by Gasteiger charge is 2.21. The van der Waals surface area contributed by atoms with Crippen LogP contribution in [0.4, 0.5) is 0 Å². The van der Waals surface area contributed by atoms with Crippen molar-refractivity contribution in [2.24, 2.45) is 5.92 Å². The summed E-state index contributed by atoms with van der Waals surface area (Å²) in [5.41, 5.74) is 0. The van der Waals surface area contributed by atoms with Crippen LogP contribution in [0.15, 0.2) is 29.2 Å². The lowest BCUT2D eigenvalue weighted by molar-refractivity contribution is 0.299. The van der Waals surface area contributed by atoms with Gasteiger partial charge in [-0.05, 0) is 37.0 Å². The average Bonchev–Trinajstić information content (AvgIpc) is 3.02. The zero-order valence-electron chi connectivity index (χ0n) is 9.86. The minimum Gasteiger partial charge on any atom is -0.493 e. The molecule has 4 heteroatoms. The molecule has 0 bridgehead atoms. The first kappa shape index (κ1) is 17.7. The van der Waals surface area contributed by atoms with Crippen LogP contribution in [0, 0.1) is 5.92 Å². The van der Waals surface area contributed by atoms with Crippen molar-refractivity contribution in [2.45, 2.75) is 31.6 Å². The smallest absolute Gasteiger partial charge is 0.120 e. The SMILES string of the molecule is CC.O.O.Sc1cccc(OCC2CC2)c1. The molecular formula is C12H22O3S. The van der Waals surface area contributed by atoms with Gasteiger partial charge in [-0.2, -0.15) is 0 Å². The second-order valence-electron chi connectivity index (χ2n) is 3.25. The Kier molecular flexibility index (Phi) is 10.5. The molecule has 1 aliphatic rings. The Bertz CT molecular complexity index is 275. The summed E-state index contributed by atoms with van der Waals surface area (Å²) in [6.45, 7) is 4.87. The molecule has 0 radical (unpaired) electrons. The molecule has 0 spiro atoms. The zero-order valence-corrected chi connectivity index (χ0v) is 10.8. The molecule has 0 aliphatic heterocycles. The molecule has 2 rings (SSSR count). The number of hydrogen-bond donors (Lipinski definition) is 1. The summed E-state index contributed by atoms with van der Waals surface area (Å²) < 4.78 is 5.56. The molecule has 1 aliphatic carbocycles. The third-order valence-corrected chi connectivity index (χ3v) is 2.28. The first-order valence-electron chi connectivity index (χ1n) is 5.26. The molecule has 16 heavy (non-hydrogen) atoms. The molecule has 0 atom stereocenters. The fraction of sp³-hybridized carbons (Fsp3) is 0.500. The summed E-state index contributed by atoms with van der Waals surface area (Å²) in [7, 11) is 0. The molecule has 94 valence electrons. The highest BCUT2D eigenvalue weighted by molar-refractivity contribution is 7.80. The van der Waals surface area contributed by atoms with Crippen molar-refractivity contribution in [1.29, 1.82) is 0 Å². The van der Waals surface area contributed by atoms with Crippen molar-refractivity contribution in [3.63, 3.8) is 0 Å². The minimum absolute atomic E-state index is 0. The van der Waals surface area contributed by atoms with E-state index in [2.05, 4.69) is 12.6 Å². The van der Waals surface area contributed by atoms with E-state index < -0.39 is 0 Å². The molecule has 3 nitrogen and oxygen atoms in total. The minimum atomic E-state index is 0. The van der Waals surface area contributed by atoms with Gasteiger partial charge in [0.25, 0.3) is 0 Å². The monoisotopic (exact) mass is 246 g/mol. The van der Waals surface area contributed by atoms with Gasteiger partial charge in [0.15, 0.2) is 0 Å². The van der Waals surface area contributed by atoms with Gasteiger partial charge in [-0.3, -0.25) is 0 Å². The fourth-order valence-electron chi connectivity index (χ4n) is 1.07. The number of hydrogen-bond acceptors (Lipinski definition) is 2. The van der Waals surface area contributed by atoms with Crippen molar-refractivity contribution in [3.05, 3.63) is 24.3 Å². The van der Waals surface area contributed by atoms with E-state index in [4.69, 9.17) is 4.74 Å². The van der Waals surface area contributed by atoms with Crippen LogP contribution in [0.25, 0.3) is 0 Å². The lowest BCUT2D eigenvalue weighted by Gasteiger charge is -2.04. The van der Waals surface area contributed by atoms with Crippen LogP contribution in [0.1, 0.15) is 26.7 Å². The van der Waals surface area contributed by atoms with Gasteiger partial charge in [-0.25, -0.2) is 0 Å². The molecule has 0 aromatic heterocycles. The number of rotatable bonds is 3. The van der Waals surface area contributed by atoms with Gasteiger partial charge >= 0.3 is 0 Å². The van der Waals surface area contributed by atoms with Crippen molar-refractivity contribution in [2.75, 3.05) is 6.61 Å². The topological polar surface area (TPSA) is 72.2 Å². The standard InChI is InChI=1S/C10H12OS.C2H6.2H2O/c12-10-3-1-2-9(6-10)11-7-8-4-5-8;1-2;;/h1-3,6,8,12H,4-5,7H2;1-2H3;2*1H2. The molecular weight excluding hydrogens is 224 g/mol. The second-order valence-corrected chi connectivity index (χ2v) is 3.77. The Balaban J connectivity index is 0. The van der Waals surface area contributed by atoms with Crippen LogP contribution in [-0.2, 0) is 0 Å². The van der Waals surface area contributed by atoms with Gasteiger partial charge in [-0.1, -0.05) is 19.9 Å². The van der Waals surface area contributed by atoms with E-state index in [1.807, 2.05) is 38.1 Å². The maximum atomic E-state index is 5.56. The number of thiol groups is 1. The Morgan fingerprint density at radius 3 is 2.38 bits per heavy atom. The Hall–Kier alpha value is -0.710. The Morgan fingerprint density at radius 2 is 1.88 bits per heavy atom. The van der Waals surface area contributed by atoms with Crippen molar-refractivity contribution in [3.8, 4) is 5.75 Å². The predicted octanol–water partition coefficient (Wildman–Crippen LogP) is 2.14. The quantitative estimate of drug-likeness (QED) is 0.815. The van der Waals surface area contributed by atoms with Gasteiger partial charge in [0.1, 0.15) is 5.75 Å². The molecule has 1 aromatic rings. The average molecular weight is 246 g/mol. The molecule has 0 heterocycles. The summed E-state index contributed by atoms with van der Waals surface area (Å²) in [6.07, 6.45) is 2.67. The molecule has 1 fully saturated rings. The van der Waals surface area contributed by atoms with Gasteiger partial charge in [-0.15, -0.1) is 12.6 Å². The van der Waals surface area contributed by atoms with Gasteiger partial charge in [0.2, 0.25) is 0 Å². The summed E-state index contributed by atoms with van der Waals surface area (Å²) >= 11 is 4.23. The summed E-state index contributed by atoms with van der Waals surface area (Å²) in [5.74, 6) is 1.75. The maximum Gasteiger partial charge on any atom is 0.120 e. The molecule has 1 aromatic carbocycles. The van der Waals surface area contributed by atoms with Gasteiger partial charge < -0.3 is 15.7 Å². The lowest BCUT2D eigenvalue weighted by Crippen LogP contribution is -1.98. The third kappa shape index (κ3) is 6.71. The third-order valence-electron chi connectivity index (χ3n) is 2.00. The van der Waals surface area contributed by atoms with Crippen LogP contribution >= 0.6 is 12.6 Å². The largest absolute Gasteiger partial charge is 0.493 e. The fourth-order valence-corrected chi connectivity index (χ4v) is 1.29. The first-order valence-corrected chi connectivity index (χ1v) is 5.71. The van der Waals surface area contributed by atoms with Crippen LogP contribution in [-0.4, -0.2) is 17.6 Å². The number of ether oxygens (including phenoxy) is 1. The predicted molar refractivity (Wildman–Crippen MR) is 70.5 cm³/mol. The van der Waals surface area contributed by atoms with E-state index in [1.165, 1.54) is 12.8 Å². The first-order chi connectivity index (χ1) is 6.84. The van der Waals surface area contributed by atoms with Gasteiger partial charge in [0, 0.05) is 4.90 Å². The molecule has 0 saturated heterocycles. The summed E-state index contributed by atoms with van der Waals surface area (Å²) in [5, 5.41) is 0. The highest BCUT2D eigenvalue weighted by Crippen LogP contribution is 2.29. The molecule has 1 saturated carbocycles. The molecule has 0 amide bonds. The van der Waals surface area contributed by atoms with Crippen LogP contribution in [0.3, 0.4) is 0 Å².